The van der Waals surface area contributed by atoms with E-state index < -0.39 is 0 Å². The van der Waals surface area contributed by atoms with E-state index in [1.807, 2.05) is 0 Å². The molecule has 0 saturated carbocycles. The molecule has 2 atom stereocenters. The van der Waals surface area contributed by atoms with Crippen LogP contribution < -0.4 is 5.32 Å². The first-order valence-electron chi connectivity index (χ1n) is 5.79. The maximum Gasteiger partial charge on any atom is 0.0133 e. The molecule has 0 bridgehead atoms. The van der Waals surface area contributed by atoms with E-state index in [-0.39, 0.29) is 0 Å². The first kappa shape index (κ1) is 9.47. The lowest BCUT2D eigenvalue weighted by Gasteiger charge is -2.40. The fourth-order valence-corrected chi connectivity index (χ4v) is 2.90. The van der Waals surface area contributed by atoms with Crippen LogP contribution in [-0.4, -0.2) is 37.6 Å². The van der Waals surface area contributed by atoms with Crippen LogP contribution >= 0.6 is 0 Å². The van der Waals surface area contributed by atoms with Gasteiger partial charge in [0.25, 0.3) is 0 Å². The Kier molecular flexibility index (Phi) is 3.23. The van der Waals surface area contributed by atoms with Crippen LogP contribution in [0.2, 0.25) is 0 Å². The van der Waals surface area contributed by atoms with Gasteiger partial charge in [-0.2, -0.15) is 0 Å². The average molecular weight is 182 g/mol. The third kappa shape index (κ3) is 2.23. The molecule has 0 aromatic rings. The van der Waals surface area contributed by atoms with E-state index in [1.165, 1.54) is 51.7 Å². The van der Waals surface area contributed by atoms with E-state index in [2.05, 4.69) is 17.3 Å². The Morgan fingerprint density at radius 2 is 2.08 bits per heavy atom. The molecule has 2 aliphatic heterocycles. The molecule has 0 aromatic heterocycles. The summed E-state index contributed by atoms with van der Waals surface area (Å²) in [6, 6.07) is 0.876. The molecule has 2 aliphatic rings. The van der Waals surface area contributed by atoms with Crippen molar-refractivity contribution in [3.63, 3.8) is 0 Å². The van der Waals surface area contributed by atoms with Crippen LogP contribution in [0.1, 0.15) is 32.1 Å². The summed E-state index contributed by atoms with van der Waals surface area (Å²) < 4.78 is 0. The van der Waals surface area contributed by atoms with Gasteiger partial charge in [-0.25, -0.2) is 0 Å². The summed E-state index contributed by atoms with van der Waals surface area (Å²) in [5.41, 5.74) is 0. The molecule has 0 spiro atoms. The molecule has 2 saturated heterocycles. The maximum atomic E-state index is 3.53. The zero-order valence-electron chi connectivity index (χ0n) is 8.76. The highest BCUT2D eigenvalue weighted by Gasteiger charge is 2.28. The van der Waals surface area contributed by atoms with Crippen LogP contribution in [0.5, 0.6) is 0 Å². The third-order valence-corrected chi connectivity index (χ3v) is 3.71. The van der Waals surface area contributed by atoms with Crippen LogP contribution in [0, 0.1) is 5.92 Å². The number of nitrogens with one attached hydrogen (secondary N) is 1. The Labute approximate surface area is 81.7 Å². The summed E-state index contributed by atoms with van der Waals surface area (Å²) in [6.45, 7) is 3.82. The fraction of sp³-hybridized carbons (Fsp3) is 1.00. The van der Waals surface area contributed by atoms with Crippen molar-refractivity contribution in [2.75, 3.05) is 26.7 Å². The normalized spacial score (nSPS) is 37.6. The minimum Gasteiger partial charge on any atom is -0.316 e. The lowest BCUT2D eigenvalue weighted by Crippen LogP contribution is -2.46. The Morgan fingerprint density at radius 3 is 2.77 bits per heavy atom. The van der Waals surface area contributed by atoms with E-state index in [0.29, 0.717) is 0 Å². The van der Waals surface area contributed by atoms with Crippen molar-refractivity contribution in [2.24, 2.45) is 5.92 Å². The predicted octanol–water partition coefficient (Wildman–Crippen LogP) is 1.47. The molecule has 0 unspecified atom stereocenters. The molecule has 1 N–H and O–H groups in total. The molecule has 2 heterocycles. The van der Waals surface area contributed by atoms with E-state index in [4.69, 9.17) is 0 Å². The zero-order valence-corrected chi connectivity index (χ0v) is 8.76. The van der Waals surface area contributed by atoms with Crippen LogP contribution in [0.4, 0.5) is 0 Å². The van der Waals surface area contributed by atoms with Gasteiger partial charge in [-0.05, 0) is 58.3 Å². The quantitative estimate of drug-likeness (QED) is 0.660. The fourth-order valence-electron chi connectivity index (χ4n) is 2.90. The average Bonchev–Trinajstić information content (AvgIpc) is 2.20. The summed E-state index contributed by atoms with van der Waals surface area (Å²) >= 11 is 0. The smallest absolute Gasteiger partial charge is 0.0133 e. The highest BCUT2D eigenvalue weighted by Crippen LogP contribution is 2.25. The van der Waals surface area contributed by atoms with Gasteiger partial charge in [0.2, 0.25) is 0 Å². The lowest BCUT2D eigenvalue weighted by molar-refractivity contribution is 0.113. The maximum absolute atomic E-state index is 3.53. The molecule has 2 nitrogen and oxygen atoms in total. The second-order valence-electron chi connectivity index (χ2n) is 4.65. The van der Waals surface area contributed by atoms with Gasteiger partial charge in [-0.1, -0.05) is 6.42 Å². The second kappa shape index (κ2) is 4.43. The van der Waals surface area contributed by atoms with Gasteiger partial charge in [0.1, 0.15) is 0 Å². The Morgan fingerprint density at radius 1 is 1.15 bits per heavy atom. The van der Waals surface area contributed by atoms with Crippen molar-refractivity contribution in [3.8, 4) is 0 Å². The van der Waals surface area contributed by atoms with Gasteiger partial charge in [0, 0.05) is 6.04 Å². The Bertz CT molecular complexity index is 152. The molecule has 0 aromatic carbocycles. The first-order valence-corrected chi connectivity index (χ1v) is 5.79. The molecule has 13 heavy (non-hydrogen) atoms. The van der Waals surface area contributed by atoms with Crippen molar-refractivity contribution < 1.29 is 0 Å². The highest BCUT2D eigenvalue weighted by atomic mass is 15.1. The van der Waals surface area contributed by atoms with Crippen molar-refractivity contribution in [1.29, 1.82) is 0 Å². The van der Waals surface area contributed by atoms with E-state index in [9.17, 15) is 0 Å². The van der Waals surface area contributed by atoms with Crippen LogP contribution in [0.3, 0.4) is 0 Å². The van der Waals surface area contributed by atoms with Crippen LogP contribution in [0.25, 0.3) is 0 Å². The molecule has 2 heteroatoms. The summed E-state index contributed by atoms with van der Waals surface area (Å²) in [7, 11) is 2.30. The molecule has 2 rings (SSSR count). The molecule has 76 valence electrons. The predicted molar refractivity (Wildman–Crippen MR) is 55.9 cm³/mol. The largest absolute Gasteiger partial charge is 0.316 e. The number of likely N-dealkylation sites (tertiary alicyclic amines) is 1. The van der Waals surface area contributed by atoms with E-state index in [1.54, 1.807) is 0 Å². The molecular weight excluding hydrogens is 160 g/mol. The van der Waals surface area contributed by atoms with E-state index in [0.717, 1.165) is 12.0 Å². The molecule has 0 aliphatic carbocycles. The highest BCUT2D eigenvalue weighted by molar-refractivity contribution is 4.84. The monoisotopic (exact) mass is 182 g/mol. The van der Waals surface area contributed by atoms with Crippen LogP contribution in [0.15, 0.2) is 0 Å². The van der Waals surface area contributed by atoms with Gasteiger partial charge in [-0.3, -0.25) is 0 Å². The van der Waals surface area contributed by atoms with E-state index >= 15 is 0 Å². The number of rotatable bonds is 1. The van der Waals surface area contributed by atoms with Crippen LogP contribution in [-0.2, 0) is 0 Å². The summed E-state index contributed by atoms with van der Waals surface area (Å²) in [6.07, 6.45) is 7.12. The molecule has 0 radical (unpaired) electrons. The number of hydrogen-bond acceptors (Lipinski definition) is 2. The number of piperidine rings is 2. The topological polar surface area (TPSA) is 15.3 Å². The Balaban J connectivity index is 1.88. The second-order valence-corrected chi connectivity index (χ2v) is 4.65. The van der Waals surface area contributed by atoms with Gasteiger partial charge in [0.05, 0.1) is 0 Å². The number of hydrogen-bond donors (Lipinski definition) is 1. The van der Waals surface area contributed by atoms with Gasteiger partial charge >= 0.3 is 0 Å². The Hall–Kier alpha value is -0.0800. The molecule has 0 amide bonds. The minimum atomic E-state index is 0.876. The van der Waals surface area contributed by atoms with Gasteiger partial charge in [-0.15, -0.1) is 0 Å². The minimum absolute atomic E-state index is 0.876. The standard InChI is InChI=1S/C11H22N2/c1-13-8-3-2-6-11(13)10-5-4-7-12-9-10/h10-12H,2-9H2,1H3/t10-,11+/m0/s1. The molecule has 2 fully saturated rings. The van der Waals surface area contributed by atoms with Gasteiger partial charge < -0.3 is 10.2 Å². The molecular formula is C11H22N2. The zero-order chi connectivity index (χ0) is 9.10. The van der Waals surface area contributed by atoms with Crippen molar-refractivity contribution >= 4 is 0 Å². The summed E-state index contributed by atoms with van der Waals surface area (Å²) in [5.74, 6) is 0.930. The van der Waals surface area contributed by atoms with Gasteiger partial charge in [0.15, 0.2) is 0 Å². The summed E-state index contributed by atoms with van der Waals surface area (Å²) in [4.78, 5) is 2.58. The SMILES string of the molecule is CN1CCCC[C@@H]1[C@H]1CCCNC1. The number of nitrogens with zero attached hydrogens (tertiary/aromatic N) is 1. The van der Waals surface area contributed by atoms with Crippen molar-refractivity contribution in [2.45, 2.75) is 38.1 Å². The third-order valence-electron chi connectivity index (χ3n) is 3.71. The lowest BCUT2D eigenvalue weighted by atomic mass is 9.86. The van der Waals surface area contributed by atoms with Crippen molar-refractivity contribution in [3.05, 3.63) is 0 Å². The van der Waals surface area contributed by atoms with Crippen molar-refractivity contribution in [1.82, 2.24) is 10.2 Å². The summed E-state index contributed by atoms with van der Waals surface area (Å²) in [5, 5.41) is 3.53. The first-order chi connectivity index (χ1) is 6.38.